The van der Waals surface area contributed by atoms with Gasteiger partial charge < -0.3 is 0 Å². The second-order valence-corrected chi connectivity index (χ2v) is 4.91. The molecule has 0 aliphatic rings. The van der Waals surface area contributed by atoms with E-state index in [0.717, 1.165) is 11.3 Å². The Balaban J connectivity index is 2.16. The number of hydrogen-bond donors (Lipinski definition) is 0. The van der Waals surface area contributed by atoms with Crippen molar-refractivity contribution < 1.29 is 0 Å². The predicted octanol–water partition coefficient (Wildman–Crippen LogP) is 4.61. The van der Waals surface area contributed by atoms with Crippen molar-refractivity contribution >= 4 is 27.5 Å². The molecule has 1 aromatic carbocycles. The summed E-state index contributed by atoms with van der Waals surface area (Å²) in [5, 5.41) is 1.28. The Morgan fingerprint density at radius 1 is 1.12 bits per heavy atom. The first-order valence-electron chi connectivity index (χ1n) is 5.44. The standard InChI is InChI=1S/C15H11NS/c1-2-11-7-8-16-13(9-11)15-10-12-5-3-4-6-14(12)17-15/h2-10H,1H2. The highest BCUT2D eigenvalue weighted by Gasteiger charge is 2.04. The highest BCUT2D eigenvalue weighted by atomic mass is 32.1. The third-order valence-electron chi connectivity index (χ3n) is 2.70. The predicted molar refractivity (Wildman–Crippen MR) is 75.1 cm³/mol. The Kier molecular flexibility index (Phi) is 2.50. The first-order valence-corrected chi connectivity index (χ1v) is 6.26. The molecule has 82 valence electrons. The van der Waals surface area contributed by atoms with Crippen molar-refractivity contribution in [3.8, 4) is 10.6 Å². The normalized spacial score (nSPS) is 10.6. The Morgan fingerprint density at radius 2 is 2.00 bits per heavy atom. The second kappa shape index (κ2) is 4.15. The van der Waals surface area contributed by atoms with E-state index in [0.29, 0.717) is 0 Å². The molecule has 2 aromatic heterocycles. The quantitative estimate of drug-likeness (QED) is 0.634. The minimum absolute atomic E-state index is 1.02. The van der Waals surface area contributed by atoms with Gasteiger partial charge in [0.05, 0.1) is 10.6 Å². The highest BCUT2D eigenvalue weighted by molar-refractivity contribution is 7.22. The zero-order valence-corrected chi connectivity index (χ0v) is 10.1. The van der Waals surface area contributed by atoms with Crippen LogP contribution in [0.15, 0.2) is 55.2 Å². The van der Waals surface area contributed by atoms with Gasteiger partial charge in [0.1, 0.15) is 0 Å². The highest BCUT2D eigenvalue weighted by Crippen LogP contribution is 2.32. The van der Waals surface area contributed by atoms with Crippen molar-refractivity contribution in [3.63, 3.8) is 0 Å². The lowest BCUT2D eigenvalue weighted by molar-refractivity contribution is 1.33. The minimum atomic E-state index is 1.02. The van der Waals surface area contributed by atoms with Gasteiger partial charge in [0, 0.05) is 10.9 Å². The number of hydrogen-bond acceptors (Lipinski definition) is 2. The van der Waals surface area contributed by atoms with Crippen molar-refractivity contribution in [1.29, 1.82) is 0 Å². The molecule has 2 heteroatoms. The molecule has 0 saturated carbocycles. The van der Waals surface area contributed by atoms with Crippen LogP contribution in [0.1, 0.15) is 5.56 Å². The average Bonchev–Trinajstić information content (AvgIpc) is 2.82. The molecule has 0 fully saturated rings. The zero-order chi connectivity index (χ0) is 11.7. The summed E-state index contributed by atoms with van der Waals surface area (Å²) in [6, 6.07) is 14.6. The molecule has 1 nitrogen and oxygen atoms in total. The molecule has 0 unspecified atom stereocenters. The van der Waals surface area contributed by atoms with Crippen molar-refractivity contribution in [2.45, 2.75) is 0 Å². The SMILES string of the molecule is C=Cc1ccnc(-c2cc3ccccc3s2)c1. The first-order chi connectivity index (χ1) is 8.36. The van der Waals surface area contributed by atoms with Crippen LogP contribution in [0.25, 0.3) is 26.7 Å². The van der Waals surface area contributed by atoms with Gasteiger partial charge in [0.2, 0.25) is 0 Å². The molecule has 0 radical (unpaired) electrons. The molecule has 0 amide bonds. The summed E-state index contributed by atoms with van der Waals surface area (Å²) in [6.45, 7) is 3.78. The fourth-order valence-corrected chi connectivity index (χ4v) is 2.85. The van der Waals surface area contributed by atoms with Crippen molar-refractivity contribution in [1.82, 2.24) is 4.98 Å². The number of benzene rings is 1. The smallest absolute Gasteiger partial charge is 0.0808 e. The topological polar surface area (TPSA) is 12.9 Å². The Labute approximate surface area is 104 Å². The Bertz CT molecular complexity index is 649. The van der Waals surface area contributed by atoms with Crippen LogP contribution in [0.2, 0.25) is 0 Å². The summed E-state index contributed by atoms with van der Waals surface area (Å²) < 4.78 is 1.30. The van der Waals surface area contributed by atoms with Crippen LogP contribution < -0.4 is 0 Å². The fourth-order valence-electron chi connectivity index (χ4n) is 1.82. The summed E-state index contributed by atoms with van der Waals surface area (Å²) in [4.78, 5) is 5.62. The molecule has 3 rings (SSSR count). The molecule has 0 saturated heterocycles. The molecule has 0 N–H and O–H groups in total. The maximum Gasteiger partial charge on any atom is 0.0808 e. The van der Waals surface area contributed by atoms with E-state index in [1.807, 2.05) is 18.3 Å². The third kappa shape index (κ3) is 1.87. The van der Waals surface area contributed by atoms with E-state index >= 15 is 0 Å². The van der Waals surface area contributed by atoms with Crippen LogP contribution in [0.4, 0.5) is 0 Å². The number of rotatable bonds is 2. The number of nitrogens with zero attached hydrogens (tertiary/aromatic N) is 1. The Morgan fingerprint density at radius 3 is 2.82 bits per heavy atom. The van der Waals surface area contributed by atoms with Crippen LogP contribution in [0.5, 0.6) is 0 Å². The van der Waals surface area contributed by atoms with Crippen LogP contribution >= 0.6 is 11.3 Å². The summed E-state index contributed by atoms with van der Waals surface area (Å²) in [6.07, 6.45) is 3.68. The molecule has 0 spiro atoms. The van der Waals surface area contributed by atoms with E-state index in [4.69, 9.17) is 0 Å². The van der Waals surface area contributed by atoms with Crippen LogP contribution in [-0.4, -0.2) is 4.98 Å². The lowest BCUT2D eigenvalue weighted by atomic mass is 10.2. The molecule has 0 aliphatic carbocycles. The molecule has 3 aromatic rings. The van der Waals surface area contributed by atoms with Gasteiger partial charge in [-0.2, -0.15) is 0 Å². The van der Waals surface area contributed by atoms with Gasteiger partial charge in [0.15, 0.2) is 0 Å². The van der Waals surface area contributed by atoms with E-state index in [-0.39, 0.29) is 0 Å². The van der Waals surface area contributed by atoms with Crippen molar-refractivity contribution in [2.24, 2.45) is 0 Å². The van der Waals surface area contributed by atoms with Gasteiger partial charge in [-0.3, -0.25) is 4.98 Å². The van der Waals surface area contributed by atoms with Gasteiger partial charge in [-0.1, -0.05) is 30.9 Å². The molecular formula is C15H11NS. The lowest BCUT2D eigenvalue weighted by Gasteiger charge is -1.97. The van der Waals surface area contributed by atoms with Gasteiger partial charge in [-0.05, 0) is 35.2 Å². The molecule has 2 heterocycles. The maximum atomic E-state index is 4.42. The number of thiophene rings is 1. The monoisotopic (exact) mass is 237 g/mol. The van der Waals surface area contributed by atoms with Crippen LogP contribution in [0.3, 0.4) is 0 Å². The largest absolute Gasteiger partial charge is 0.255 e. The molecule has 0 aliphatic heterocycles. The van der Waals surface area contributed by atoms with Gasteiger partial charge in [-0.15, -0.1) is 11.3 Å². The van der Waals surface area contributed by atoms with E-state index in [1.165, 1.54) is 15.0 Å². The van der Waals surface area contributed by atoms with Gasteiger partial charge in [-0.25, -0.2) is 0 Å². The van der Waals surface area contributed by atoms with Crippen molar-refractivity contribution in [3.05, 3.63) is 60.8 Å². The third-order valence-corrected chi connectivity index (χ3v) is 3.84. The number of fused-ring (bicyclic) bond motifs is 1. The summed E-state index contributed by atoms with van der Waals surface area (Å²) in [5.41, 5.74) is 2.12. The zero-order valence-electron chi connectivity index (χ0n) is 9.26. The number of pyridine rings is 1. The molecule has 17 heavy (non-hydrogen) atoms. The van der Waals surface area contributed by atoms with Crippen LogP contribution in [0, 0.1) is 0 Å². The number of aromatic nitrogens is 1. The fraction of sp³-hybridized carbons (Fsp3) is 0. The first kappa shape index (κ1) is 10.2. The van der Waals surface area contributed by atoms with Gasteiger partial charge >= 0.3 is 0 Å². The molecule has 0 bridgehead atoms. The van der Waals surface area contributed by atoms with Crippen molar-refractivity contribution in [2.75, 3.05) is 0 Å². The maximum absolute atomic E-state index is 4.42. The summed E-state index contributed by atoms with van der Waals surface area (Å²) in [5.74, 6) is 0. The van der Waals surface area contributed by atoms with Crippen LogP contribution in [-0.2, 0) is 0 Å². The average molecular weight is 237 g/mol. The van der Waals surface area contributed by atoms with E-state index < -0.39 is 0 Å². The van der Waals surface area contributed by atoms with Gasteiger partial charge in [0.25, 0.3) is 0 Å². The lowest BCUT2D eigenvalue weighted by Crippen LogP contribution is -1.80. The van der Waals surface area contributed by atoms with E-state index in [1.54, 1.807) is 11.3 Å². The molecule has 0 atom stereocenters. The molecular weight excluding hydrogens is 226 g/mol. The minimum Gasteiger partial charge on any atom is -0.255 e. The Hall–Kier alpha value is -1.93. The second-order valence-electron chi connectivity index (χ2n) is 3.83. The summed E-state index contributed by atoms with van der Waals surface area (Å²) >= 11 is 1.77. The van der Waals surface area contributed by atoms with E-state index in [9.17, 15) is 0 Å². The summed E-state index contributed by atoms with van der Waals surface area (Å²) in [7, 11) is 0. The van der Waals surface area contributed by atoms with E-state index in [2.05, 4.69) is 48.0 Å².